The molecule has 2 amide bonds. The Hall–Kier alpha value is -2.21. The molecule has 19 heavy (non-hydrogen) atoms. The molecule has 2 rings (SSSR count). The molecule has 0 aromatic heterocycles. The Morgan fingerprint density at radius 1 is 1.26 bits per heavy atom. The molecule has 0 saturated heterocycles. The summed E-state index contributed by atoms with van der Waals surface area (Å²) >= 11 is 0. The summed E-state index contributed by atoms with van der Waals surface area (Å²) in [4.78, 5) is 35.7. The van der Waals surface area contributed by atoms with Crippen LogP contribution >= 0.6 is 0 Å². The maximum Gasteiger partial charge on any atom is 0.320 e. The smallest absolute Gasteiger partial charge is 0.320 e. The molecule has 100 valence electrons. The fourth-order valence-corrected chi connectivity index (χ4v) is 1.92. The zero-order chi connectivity index (χ0) is 14.0. The molecule has 0 fully saturated rings. The molecule has 1 atom stereocenters. The number of hydrogen-bond donors (Lipinski definition) is 2. The van der Waals surface area contributed by atoms with Crippen LogP contribution < -0.4 is 5.32 Å². The number of nitrogens with one attached hydrogen (secondary N) is 1. The van der Waals surface area contributed by atoms with Crippen molar-refractivity contribution < 1.29 is 19.5 Å². The number of imide groups is 1. The molecule has 6 heteroatoms. The zero-order valence-corrected chi connectivity index (χ0v) is 10.4. The van der Waals surface area contributed by atoms with Crippen LogP contribution in [0.1, 0.15) is 27.6 Å². The van der Waals surface area contributed by atoms with Gasteiger partial charge in [0.2, 0.25) is 0 Å². The summed E-state index contributed by atoms with van der Waals surface area (Å²) in [6.07, 6.45) is 0. The lowest BCUT2D eigenvalue weighted by Crippen LogP contribution is -2.41. The van der Waals surface area contributed by atoms with Gasteiger partial charge < -0.3 is 10.4 Å². The SMILES string of the molecule is C[C@H](NCCN1C(=O)c2ccccc2C1=O)C(=O)O. The number of carboxylic acids is 1. The Balaban J connectivity index is 1.99. The van der Waals surface area contributed by atoms with Crippen molar-refractivity contribution in [3.63, 3.8) is 0 Å². The third-order valence-electron chi connectivity index (χ3n) is 3.03. The van der Waals surface area contributed by atoms with Crippen molar-refractivity contribution in [1.82, 2.24) is 10.2 Å². The molecule has 2 N–H and O–H groups in total. The van der Waals surface area contributed by atoms with E-state index in [-0.39, 0.29) is 24.9 Å². The molecule has 6 nitrogen and oxygen atoms in total. The number of rotatable bonds is 5. The maximum atomic E-state index is 12.0. The van der Waals surface area contributed by atoms with Gasteiger partial charge in [-0.25, -0.2) is 0 Å². The average Bonchev–Trinajstić information content (AvgIpc) is 2.64. The van der Waals surface area contributed by atoms with Crippen molar-refractivity contribution in [3.8, 4) is 0 Å². The van der Waals surface area contributed by atoms with Crippen molar-refractivity contribution in [1.29, 1.82) is 0 Å². The molecule has 1 aliphatic heterocycles. The minimum atomic E-state index is -0.970. The summed E-state index contributed by atoms with van der Waals surface area (Å²) in [5.74, 6) is -1.63. The fourth-order valence-electron chi connectivity index (χ4n) is 1.92. The minimum absolute atomic E-state index is 0.157. The van der Waals surface area contributed by atoms with Gasteiger partial charge in [0.1, 0.15) is 6.04 Å². The molecular weight excluding hydrogens is 248 g/mol. The number of benzene rings is 1. The first-order valence-electron chi connectivity index (χ1n) is 5.94. The predicted octanol–water partition coefficient (Wildman–Crippen LogP) is 0.345. The Kier molecular flexibility index (Phi) is 3.62. The molecule has 1 aromatic rings. The molecule has 0 radical (unpaired) electrons. The number of carbonyl (C=O) groups is 3. The van der Waals surface area contributed by atoms with Crippen LogP contribution in [0.25, 0.3) is 0 Å². The summed E-state index contributed by atoms with van der Waals surface area (Å²) in [5.41, 5.74) is 0.803. The molecule has 0 aliphatic carbocycles. The fraction of sp³-hybridized carbons (Fsp3) is 0.308. The van der Waals surface area contributed by atoms with E-state index in [1.54, 1.807) is 24.3 Å². The number of nitrogens with zero attached hydrogens (tertiary/aromatic N) is 1. The Morgan fingerprint density at radius 3 is 2.26 bits per heavy atom. The van der Waals surface area contributed by atoms with Crippen LogP contribution in [0.4, 0.5) is 0 Å². The van der Waals surface area contributed by atoms with Crippen molar-refractivity contribution in [2.24, 2.45) is 0 Å². The molecule has 1 aliphatic rings. The Labute approximate surface area is 110 Å². The molecule has 0 bridgehead atoms. The number of fused-ring (bicyclic) bond motifs is 1. The van der Waals surface area contributed by atoms with Gasteiger partial charge in [0.05, 0.1) is 11.1 Å². The van der Waals surface area contributed by atoms with Crippen molar-refractivity contribution in [2.75, 3.05) is 13.1 Å². The normalized spacial score (nSPS) is 15.5. The third kappa shape index (κ3) is 2.48. The molecule has 0 saturated carbocycles. The van der Waals surface area contributed by atoms with Crippen LogP contribution in [0, 0.1) is 0 Å². The van der Waals surface area contributed by atoms with Crippen LogP contribution in [-0.4, -0.2) is 46.9 Å². The largest absolute Gasteiger partial charge is 0.480 e. The van der Waals surface area contributed by atoms with E-state index in [4.69, 9.17) is 5.11 Å². The van der Waals surface area contributed by atoms with Gasteiger partial charge in [-0.15, -0.1) is 0 Å². The highest BCUT2D eigenvalue weighted by Gasteiger charge is 2.34. The summed E-state index contributed by atoms with van der Waals surface area (Å²) in [7, 11) is 0. The zero-order valence-electron chi connectivity index (χ0n) is 10.4. The second-order valence-corrected chi connectivity index (χ2v) is 4.32. The Bertz CT molecular complexity index is 506. The highest BCUT2D eigenvalue weighted by atomic mass is 16.4. The van der Waals surface area contributed by atoms with E-state index in [0.29, 0.717) is 11.1 Å². The number of hydrogen-bond acceptors (Lipinski definition) is 4. The minimum Gasteiger partial charge on any atom is -0.480 e. The third-order valence-corrected chi connectivity index (χ3v) is 3.03. The van der Waals surface area contributed by atoms with E-state index in [0.717, 1.165) is 4.90 Å². The standard InChI is InChI=1S/C13H14N2O4/c1-8(13(18)19)14-6-7-15-11(16)9-4-2-3-5-10(9)12(15)17/h2-5,8,14H,6-7H2,1H3,(H,18,19)/t8-/m0/s1. The number of amides is 2. The lowest BCUT2D eigenvalue weighted by atomic mass is 10.1. The molecule has 0 spiro atoms. The van der Waals surface area contributed by atoms with Gasteiger partial charge in [-0.2, -0.15) is 0 Å². The second-order valence-electron chi connectivity index (χ2n) is 4.32. The topological polar surface area (TPSA) is 86.7 Å². The average molecular weight is 262 g/mol. The van der Waals surface area contributed by atoms with E-state index in [1.807, 2.05) is 0 Å². The van der Waals surface area contributed by atoms with Crippen LogP contribution in [0.15, 0.2) is 24.3 Å². The van der Waals surface area contributed by atoms with Gasteiger partial charge in [0, 0.05) is 13.1 Å². The van der Waals surface area contributed by atoms with Gasteiger partial charge >= 0.3 is 5.97 Å². The molecule has 1 heterocycles. The second kappa shape index (κ2) is 5.19. The van der Waals surface area contributed by atoms with Crippen molar-refractivity contribution >= 4 is 17.8 Å². The van der Waals surface area contributed by atoms with E-state index in [1.165, 1.54) is 6.92 Å². The molecule has 1 aromatic carbocycles. The van der Waals surface area contributed by atoms with Gasteiger partial charge in [-0.3, -0.25) is 19.3 Å². The first-order chi connectivity index (χ1) is 9.02. The lowest BCUT2D eigenvalue weighted by molar-refractivity contribution is -0.138. The summed E-state index contributed by atoms with van der Waals surface area (Å²) in [6.45, 7) is 1.91. The summed E-state index contributed by atoms with van der Waals surface area (Å²) in [6, 6.07) is 5.93. The summed E-state index contributed by atoms with van der Waals surface area (Å²) < 4.78 is 0. The summed E-state index contributed by atoms with van der Waals surface area (Å²) in [5, 5.41) is 11.4. The van der Waals surface area contributed by atoms with Crippen LogP contribution in [0.2, 0.25) is 0 Å². The van der Waals surface area contributed by atoms with Crippen LogP contribution in [0.3, 0.4) is 0 Å². The monoisotopic (exact) mass is 262 g/mol. The molecular formula is C13H14N2O4. The van der Waals surface area contributed by atoms with Gasteiger partial charge in [0.25, 0.3) is 11.8 Å². The van der Waals surface area contributed by atoms with Crippen molar-refractivity contribution in [3.05, 3.63) is 35.4 Å². The first kappa shape index (κ1) is 13.2. The highest BCUT2D eigenvalue weighted by Crippen LogP contribution is 2.21. The predicted molar refractivity (Wildman–Crippen MR) is 66.9 cm³/mol. The number of carbonyl (C=O) groups excluding carboxylic acids is 2. The quantitative estimate of drug-likeness (QED) is 0.747. The lowest BCUT2D eigenvalue weighted by Gasteiger charge is -2.15. The van der Waals surface area contributed by atoms with Crippen molar-refractivity contribution in [2.45, 2.75) is 13.0 Å². The van der Waals surface area contributed by atoms with Gasteiger partial charge in [-0.05, 0) is 19.1 Å². The number of carboxylic acid groups (broad SMARTS) is 1. The van der Waals surface area contributed by atoms with Gasteiger partial charge in [0.15, 0.2) is 0 Å². The van der Waals surface area contributed by atoms with Crippen LogP contribution in [-0.2, 0) is 4.79 Å². The molecule has 0 unspecified atom stereocenters. The highest BCUT2D eigenvalue weighted by molar-refractivity contribution is 6.21. The van der Waals surface area contributed by atoms with E-state index < -0.39 is 12.0 Å². The van der Waals surface area contributed by atoms with Gasteiger partial charge in [-0.1, -0.05) is 12.1 Å². The van der Waals surface area contributed by atoms with Crippen LogP contribution in [0.5, 0.6) is 0 Å². The van der Waals surface area contributed by atoms with E-state index >= 15 is 0 Å². The maximum absolute atomic E-state index is 12.0. The van der Waals surface area contributed by atoms with E-state index in [9.17, 15) is 14.4 Å². The number of aliphatic carboxylic acids is 1. The Morgan fingerprint density at radius 2 is 1.79 bits per heavy atom. The van der Waals surface area contributed by atoms with E-state index in [2.05, 4.69) is 5.32 Å². The first-order valence-corrected chi connectivity index (χ1v) is 5.94.